The minimum absolute atomic E-state index is 0.00168. The highest BCUT2D eigenvalue weighted by Crippen LogP contribution is 2.25. The first-order valence-electron chi connectivity index (χ1n) is 11.3. The molecule has 194 valence electrons. The van der Waals surface area contributed by atoms with E-state index in [4.69, 9.17) is 10.5 Å². The van der Waals surface area contributed by atoms with Gasteiger partial charge in [-0.3, -0.25) is 19.3 Å². The molecule has 0 aliphatic carbocycles. The molecule has 37 heavy (non-hydrogen) atoms. The van der Waals surface area contributed by atoms with Crippen LogP contribution in [-0.2, 0) is 9.53 Å². The first-order chi connectivity index (χ1) is 17.7. The van der Waals surface area contributed by atoms with Crippen LogP contribution in [0.3, 0.4) is 0 Å². The zero-order valence-electron chi connectivity index (χ0n) is 20.4. The van der Waals surface area contributed by atoms with Gasteiger partial charge in [-0.15, -0.1) is 0 Å². The van der Waals surface area contributed by atoms with Crippen molar-refractivity contribution in [2.24, 2.45) is 5.73 Å². The number of hydrogen-bond acceptors (Lipinski definition) is 7. The standard InChI is InChI=1S/C22H20FN7O5.C2H6/c1-12(31)25-8-15-9-30(22(34)35-15)14-3-4-18(16(23)6-14)29-10-17(27-11-29)21(33)28-19-5-2-13(7-26-19)20(24)32;1-2/h2-7,10-11,15H,8-9H2,1H3,(H2,24,32)(H,25,31)(H,26,28,33);1-2H3. The number of hydrogen-bond donors (Lipinski definition) is 3. The average Bonchev–Trinajstić information content (AvgIpc) is 3.51. The smallest absolute Gasteiger partial charge is 0.414 e. The molecule has 1 aliphatic heterocycles. The Labute approximate surface area is 211 Å². The van der Waals surface area contributed by atoms with Crippen LogP contribution >= 0.6 is 0 Å². The minimum atomic E-state index is -0.659. The average molecular weight is 512 g/mol. The zero-order valence-corrected chi connectivity index (χ0v) is 20.4. The lowest BCUT2D eigenvalue weighted by atomic mass is 10.2. The van der Waals surface area contributed by atoms with Gasteiger partial charge in [0.1, 0.15) is 29.8 Å². The molecule has 0 radical (unpaired) electrons. The van der Waals surface area contributed by atoms with E-state index in [1.165, 1.54) is 65.4 Å². The summed E-state index contributed by atoms with van der Waals surface area (Å²) in [5.74, 6) is -1.97. The van der Waals surface area contributed by atoms with E-state index in [-0.39, 0.29) is 47.4 Å². The van der Waals surface area contributed by atoms with Crippen molar-refractivity contribution in [2.75, 3.05) is 23.3 Å². The van der Waals surface area contributed by atoms with Gasteiger partial charge in [0.05, 0.1) is 30.0 Å². The number of nitrogens with two attached hydrogens (primary N) is 1. The highest BCUT2D eigenvalue weighted by molar-refractivity contribution is 6.02. The predicted octanol–water partition coefficient (Wildman–Crippen LogP) is 2.25. The number of nitrogens with zero attached hydrogens (tertiary/aromatic N) is 4. The molecule has 13 heteroatoms. The maximum absolute atomic E-state index is 14.9. The van der Waals surface area contributed by atoms with Crippen molar-refractivity contribution in [3.05, 3.63) is 66.1 Å². The van der Waals surface area contributed by atoms with Gasteiger partial charge in [0.15, 0.2) is 0 Å². The number of rotatable bonds is 7. The fourth-order valence-corrected chi connectivity index (χ4v) is 3.34. The van der Waals surface area contributed by atoms with E-state index in [9.17, 15) is 23.6 Å². The van der Waals surface area contributed by atoms with Crippen molar-refractivity contribution in [2.45, 2.75) is 26.9 Å². The Morgan fingerprint density at radius 1 is 1.19 bits per heavy atom. The summed E-state index contributed by atoms with van der Waals surface area (Å²) in [5.41, 5.74) is 5.73. The van der Waals surface area contributed by atoms with Crippen molar-refractivity contribution < 1.29 is 28.3 Å². The molecule has 12 nitrogen and oxygen atoms in total. The van der Waals surface area contributed by atoms with Gasteiger partial charge >= 0.3 is 6.09 Å². The molecule has 4 N–H and O–H groups in total. The summed E-state index contributed by atoms with van der Waals surface area (Å²) in [4.78, 5) is 56.0. The molecule has 1 fully saturated rings. The summed E-state index contributed by atoms with van der Waals surface area (Å²) in [5, 5.41) is 5.09. The van der Waals surface area contributed by atoms with Gasteiger partial charge in [0.25, 0.3) is 5.91 Å². The second kappa shape index (κ2) is 11.7. The minimum Gasteiger partial charge on any atom is -0.442 e. The van der Waals surface area contributed by atoms with Gasteiger partial charge in [-0.1, -0.05) is 13.8 Å². The van der Waals surface area contributed by atoms with E-state index in [1.54, 1.807) is 0 Å². The monoisotopic (exact) mass is 511 g/mol. The lowest BCUT2D eigenvalue weighted by molar-refractivity contribution is -0.119. The molecule has 3 heterocycles. The third-order valence-corrected chi connectivity index (χ3v) is 5.08. The summed E-state index contributed by atoms with van der Waals surface area (Å²) in [7, 11) is 0. The third-order valence-electron chi connectivity index (χ3n) is 5.08. The Morgan fingerprint density at radius 3 is 2.57 bits per heavy atom. The molecule has 1 aliphatic rings. The topological polar surface area (TPSA) is 162 Å². The van der Waals surface area contributed by atoms with Crippen LogP contribution < -0.4 is 21.3 Å². The number of benzene rings is 1. The lowest BCUT2D eigenvalue weighted by Crippen LogP contribution is -2.33. The number of primary amides is 1. The molecule has 2 aromatic heterocycles. The van der Waals surface area contributed by atoms with Crippen LogP contribution in [0.5, 0.6) is 0 Å². The van der Waals surface area contributed by atoms with Crippen molar-refractivity contribution >= 4 is 35.3 Å². The van der Waals surface area contributed by atoms with Crippen LogP contribution in [0.4, 0.5) is 20.7 Å². The summed E-state index contributed by atoms with van der Waals surface area (Å²) < 4.78 is 21.4. The van der Waals surface area contributed by atoms with Crippen LogP contribution in [0.2, 0.25) is 0 Å². The van der Waals surface area contributed by atoms with Gasteiger partial charge in [0, 0.05) is 19.3 Å². The number of aromatic nitrogens is 3. The SMILES string of the molecule is CC.CC(=O)NCC1CN(c2ccc(-n3cnc(C(=O)Nc4ccc(C(N)=O)cn4)c3)c(F)c2)C(=O)O1. The van der Waals surface area contributed by atoms with Crippen molar-refractivity contribution in [1.82, 2.24) is 19.9 Å². The van der Waals surface area contributed by atoms with Gasteiger partial charge in [0.2, 0.25) is 11.8 Å². The van der Waals surface area contributed by atoms with Crippen LogP contribution in [0.15, 0.2) is 49.1 Å². The Balaban J connectivity index is 0.00000186. The highest BCUT2D eigenvalue weighted by Gasteiger charge is 2.32. The Hall–Kier alpha value is -4.81. The largest absolute Gasteiger partial charge is 0.442 e. The van der Waals surface area contributed by atoms with E-state index < -0.39 is 29.8 Å². The van der Waals surface area contributed by atoms with E-state index in [0.717, 1.165) is 0 Å². The number of carbonyl (C=O) groups is 4. The Bertz CT molecular complexity index is 1310. The number of amides is 4. The van der Waals surface area contributed by atoms with E-state index in [2.05, 4.69) is 20.6 Å². The van der Waals surface area contributed by atoms with Crippen molar-refractivity contribution in [3.8, 4) is 5.69 Å². The molecule has 0 bridgehead atoms. The predicted molar refractivity (Wildman–Crippen MR) is 132 cm³/mol. The summed E-state index contributed by atoms with van der Waals surface area (Å²) in [6.07, 6.45) is 2.63. The number of ether oxygens (including phenoxy) is 1. The number of cyclic esters (lactones) is 1. The van der Waals surface area contributed by atoms with Crippen LogP contribution in [-0.4, -0.2) is 57.5 Å². The number of carbonyl (C=O) groups excluding carboxylic acids is 4. The summed E-state index contributed by atoms with van der Waals surface area (Å²) in [6.45, 7) is 5.66. The second-order valence-corrected chi connectivity index (χ2v) is 7.61. The Morgan fingerprint density at radius 2 is 1.95 bits per heavy atom. The molecule has 1 saturated heterocycles. The summed E-state index contributed by atoms with van der Waals surface area (Å²) in [6, 6.07) is 6.97. The molecule has 1 aromatic carbocycles. The van der Waals surface area contributed by atoms with Crippen molar-refractivity contribution in [3.63, 3.8) is 0 Å². The maximum atomic E-state index is 14.9. The quantitative estimate of drug-likeness (QED) is 0.438. The Kier molecular flexibility index (Phi) is 8.51. The first kappa shape index (κ1) is 26.8. The van der Waals surface area contributed by atoms with Crippen LogP contribution in [0.25, 0.3) is 5.69 Å². The third kappa shape index (κ3) is 6.45. The first-order valence-corrected chi connectivity index (χ1v) is 11.3. The van der Waals surface area contributed by atoms with Gasteiger partial charge in [-0.2, -0.15) is 0 Å². The number of nitrogens with one attached hydrogen (secondary N) is 2. The van der Waals surface area contributed by atoms with Gasteiger partial charge in [-0.05, 0) is 30.3 Å². The molecule has 4 rings (SSSR count). The lowest BCUT2D eigenvalue weighted by Gasteiger charge is -2.14. The van der Waals surface area contributed by atoms with Gasteiger partial charge in [-0.25, -0.2) is 19.2 Å². The second-order valence-electron chi connectivity index (χ2n) is 7.61. The van der Waals surface area contributed by atoms with Crippen LogP contribution in [0, 0.1) is 5.82 Å². The van der Waals surface area contributed by atoms with Crippen molar-refractivity contribution in [1.29, 1.82) is 0 Å². The fraction of sp³-hybridized carbons (Fsp3) is 0.250. The zero-order chi connectivity index (χ0) is 27.1. The van der Waals surface area contributed by atoms with E-state index in [1.807, 2.05) is 13.8 Å². The number of halogens is 1. The number of pyridine rings is 1. The molecule has 1 atom stereocenters. The van der Waals surface area contributed by atoms with E-state index in [0.29, 0.717) is 0 Å². The van der Waals surface area contributed by atoms with E-state index >= 15 is 0 Å². The highest BCUT2D eigenvalue weighted by atomic mass is 19.1. The normalized spacial score (nSPS) is 14.3. The fourth-order valence-electron chi connectivity index (χ4n) is 3.34. The molecular weight excluding hydrogens is 485 g/mol. The molecule has 0 saturated carbocycles. The molecular formula is C24H26FN7O5. The summed E-state index contributed by atoms with van der Waals surface area (Å²) >= 11 is 0. The molecule has 4 amide bonds. The van der Waals surface area contributed by atoms with Gasteiger partial charge < -0.3 is 25.7 Å². The number of imidazole rings is 1. The van der Waals surface area contributed by atoms with Crippen LogP contribution in [0.1, 0.15) is 41.6 Å². The maximum Gasteiger partial charge on any atom is 0.414 e. The molecule has 3 aromatic rings. The molecule has 1 unspecified atom stereocenters. The molecule has 0 spiro atoms. The number of anilines is 2.